The maximum Gasteiger partial charge on any atom is 0.181 e. The standard InChI is InChI=1S/C51H35N3Si/c1-6-19-36(20-7-1)39-33-40(37-21-8-2-9-22-37)35-41(34-39)50-52-49(38-23-10-3-11-24-38)53-51(54-50)46-31-18-30-45-44-29-16-17-32-47(44)55(48(45)46,42-25-12-4-13-26-42)43-27-14-5-15-28-43/h1-35H. The van der Waals surface area contributed by atoms with Crippen molar-refractivity contribution in [1.29, 1.82) is 0 Å². The van der Waals surface area contributed by atoms with Crippen LogP contribution in [0.25, 0.3) is 67.5 Å². The summed E-state index contributed by atoms with van der Waals surface area (Å²) in [6.45, 7) is 0. The van der Waals surface area contributed by atoms with E-state index in [-0.39, 0.29) is 0 Å². The van der Waals surface area contributed by atoms with Gasteiger partial charge in [0.25, 0.3) is 0 Å². The van der Waals surface area contributed by atoms with Crippen molar-refractivity contribution in [1.82, 2.24) is 15.0 Å². The maximum absolute atomic E-state index is 5.46. The zero-order chi connectivity index (χ0) is 36.6. The lowest BCUT2D eigenvalue weighted by Crippen LogP contribution is -2.73. The van der Waals surface area contributed by atoms with E-state index < -0.39 is 8.07 Å². The van der Waals surface area contributed by atoms with E-state index in [1.807, 2.05) is 18.2 Å². The number of nitrogens with zero attached hydrogens (tertiary/aromatic N) is 3. The molecule has 0 saturated heterocycles. The van der Waals surface area contributed by atoms with Crippen LogP contribution in [0.5, 0.6) is 0 Å². The Kier molecular flexibility index (Phi) is 8.16. The molecular weight excluding hydrogens is 683 g/mol. The fourth-order valence-electron chi connectivity index (χ4n) is 8.38. The molecule has 4 heteroatoms. The van der Waals surface area contributed by atoms with Gasteiger partial charge < -0.3 is 0 Å². The van der Waals surface area contributed by atoms with E-state index in [4.69, 9.17) is 15.0 Å². The first-order valence-corrected chi connectivity index (χ1v) is 20.7. The van der Waals surface area contributed by atoms with Crippen molar-refractivity contribution in [3.05, 3.63) is 212 Å². The van der Waals surface area contributed by atoms with Crippen LogP contribution in [0.1, 0.15) is 0 Å². The highest BCUT2D eigenvalue weighted by Crippen LogP contribution is 2.36. The van der Waals surface area contributed by atoms with Crippen LogP contribution in [-0.2, 0) is 0 Å². The summed E-state index contributed by atoms with van der Waals surface area (Å²) in [5, 5.41) is 5.37. The number of hydrogen-bond acceptors (Lipinski definition) is 3. The molecule has 10 rings (SSSR count). The molecule has 0 bridgehead atoms. The smallest absolute Gasteiger partial charge is 0.181 e. The van der Waals surface area contributed by atoms with Crippen LogP contribution in [0, 0.1) is 0 Å². The molecule has 0 spiro atoms. The highest BCUT2D eigenvalue weighted by Gasteiger charge is 2.50. The minimum absolute atomic E-state index is 0.638. The zero-order valence-electron chi connectivity index (χ0n) is 30.0. The van der Waals surface area contributed by atoms with Crippen molar-refractivity contribution in [2.24, 2.45) is 0 Å². The van der Waals surface area contributed by atoms with Gasteiger partial charge in [-0.25, -0.2) is 15.0 Å². The van der Waals surface area contributed by atoms with Crippen molar-refractivity contribution < 1.29 is 0 Å². The van der Waals surface area contributed by atoms with E-state index in [2.05, 4.69) is 194 Å². The van der Waals surface area contributed by atoms with Gasteiger partial charge in [-0.2, -0.15) is 0 Å². The van der Waals surface area contributed by atoms with E-state index in [1.54, 1.807) is 0 Å². The van der Waals surface area contributed by atoms with E-state index in [9.17, 15) is 0 Å². The zero-order valence-corrected chi connectivity index (χ0v) is 31.0. The highest BCUT2D eigenvalue weighted by atomic mass is 28.3. The first-order chi connectivity index (χ1) is 27.3. The molecule has 258 valence electrons. The molecule has 1 aliphatic heterocycles. The third-order valence-corrected chi connectivity index (χ3v) is 15.7. The molecule has 1 aromatic heterocycles. The Balaban J connectivity index is 1.27. The first kappa shape index (κ1) is 32.6. The Morgan fingerprint density at radius 1 is 0.273 bits per heavy atom. The topological polar surface area (TPSA) is 38.7 Å². The van der Waals surface area contributed by atoms with Crippen molar-refractivity contribution in [2.75, 3.05) is 0 Å². The average molecular weight is 718 g/mol. The van der Waals surface area contributed by atoms with Gasteiger partial charge in [-0.05, 0) is 72.3 Å². The third-order valence-electron chi connectivity index (χ3n) is 10.8. The monoisotopic (exact) mass is 717 g/mol. The normalized spacial score (nSPS) is 12.5. The van der Waals surface area contributed by atoms with E-state index in [0.717, 1.165) is 38.9 Å². The summed E-state index contributed by atoms with van der Waals surface area (Å²) in [6, 6.07) is 75.9. The van der Waals surface area contributed by atoms with Gasteiger partial charge in [0.1, 0.15) is 0 Å². The second-order valence-electron chi connectivity index (χ2n) is 14.0. The van der Waals surface area contributed by atoms with Gasteiger partial charge >= 0.3 is 0 Å². The average Bonchev–Trinajstić information content (AvgIpc) is 3.59. The molecule has 0 saturated carbocycles. The summed E-state index contributed by atoms with van der Waals surface area (Å²) in [7, 11) is -2.85. The molecule has 0 unspecified atom stereocenters. The summed E-state index contributed by atoms with van der Waals surface area (Å²) in [5.74, 6) is 1.95. The number of hydrogen-bond donors (Lipinski definition) is 0. The molecule has 8 aromatic carbocycles. The Morgan fingerprint density at radius 3 is 1.24 bits per heavy atom. The van der Waals surface area contributed by atoms with E-state index >= 15 is 0 Å². The van der Waals surface area contributed by atoms with Crippen LogP contribution in [0.4, 0.5) is 0 Å². The van der Waals surface area contributed by atoms with Crippen molar-refractivity contribution >= 4 is 28.8 Å². The molecule has 0 fully saturated rings. The quantitative estimate of drug-likeness (QED) is 0.154. The van der Waals surface area contributed by atoms with Gasteiger partial charge in [0.2, 0.25) is 0 Å². The van der Waals surface area contributed by atoms with Crippen LogP contribution in [0.2, 0.25) is 0 Å². The summed E-state index contributed by atoms with van der Waals surface area (Å²) in [4.78, 5) is 16.1. The molecular formula is C51H35N3Si. The van der Waals surface area contributed by atoms with Gasteiger partial charge in [-0.15, -0.1) is 0 Å². The van der Waals surface area contributed by atoms with Crippen LogP contribution < -0.4 is 20.7 Å². The number of benzene rings is 8. The Labute approximate surface area is 322 Å². The largest absolute Gasteiger partial charge is 0.208 e. The van der Waals surface area contributed by atoms with Gasteiger partial charge in [0.05, 0.1) is 0 Å². The fourth-order valence-corrected chi connectivity index (χ4v) is 13.8. The van der Waals surface area contributed by atoms with Crippen LogP contribution >= 0.6 is 0 Å². The van der Waals surface area contributed by atoms with Crippen LogP contribution in [0.15, 0.2) is 212 Å². The summed E-state index contributed by atoms with van der Waals surface area (Å²) in [6.07, 6.45) is 0. The minimum atomic E-state index is -2.85. The summed E-state index contributed by atoms with van der Waals surface area (Å²) < 4.78 is 0. The van der Waals surface area contributed by atoms with Crippen LogP contribution in [-0.4, -0.2) is 23.0 Å². The highest BCUT2D eigenvalue weighted by molar-refractivity contribution is 7.22. The van der Waals surface area contributed by atoms with Gasteiger partial charge in [-0.3, -0.25) is 0 Å². The number of fused-ring (bicyclic) bond motifs is 3. The lowest BCUT2D eigenvalue weighted by molar-refractivity contribution is 1.08. The predicted molar refractivity (Wildman–Crippen MR) is 230 cm³/mol. The van der Waals surface area contributed by atoms with E-state index in [1.165, 1.54) is 31.9 Å². The Morgan fingerprint density at radius 2 is 0.673 bits per heavy atom. The van der Waals surface area contributed by atoms with Gasteiger partial charge in [0.15, 0.2) is 25.5 Å². The molecule has 0 N–H and O–H groups in total. The summed E-state index contributed by atoms with van der Waals surface area (Å²) in [5.41, 5.74) is 9.93. The molecule has 1 aliphatic rings. The molecule has 55 heavy (non-hydrogen) atoms. The maximum atomic E-state index is 5.46. The first-order valence-electron chi connectivity index (χ1n) is 18.7. The van der Waals surface area contributed by atoms with Crippen molar-refractivity contribution in [3.63, 3.8) is 0 Å². The molecule has 0 amide bonds. The fraction of sp³-hybridized carbons (Fsp3) is 0. The Bertz CT molecular complexity index is 2690. The number of rotatable bonds is 7. The molecule has 2 heterocycles. The van der Waals surface area contributed by atoms with Crippen LogP contribution in [0.3, 0.4) is 0 Å². The minimum Gasteiger partial charge on any atom is -0.208 e. The SMILES string of the molecule is c1ccc(-c2cc(-c3ccccc3)cc(-c3nc(-c4ccccc4)nc(-c4cccc5c4[Si](c4ccccc4)(c4ccccc4)c4ccccc4-5)n3)c2)cc1. The van der Waals surface area contributed by atoms with Crippen molar-refractivity contribution in [3.8, 4) is 67.5 Å². The molecule has 0 aliphatic carbocycles. The summed E-state index contributed by atoms with van der Waals surface area (Å²) >= 11 is 0. The number of aromatic nitrogens is 3. The predicted octanol–water partition coefficient (Wildman–Crippen LogP) is 9.56. The lowest BCUT2D eigenvalue weighted by atomic mass is 9.96. The molecule has 9 aromatic rings. The lowest BCUT2D eigenvalue weighted by Gasteiger charge is -2.32. The molecule has 0 atom stereocenters. The van der Waals surface area contributed by atoms with E-state index in [0.29, 0.717) is 17.5 Å². The molecule has 0 radical (unpaired) electrons. The van der Waals surface area contributed by atoms with Crippen molar-refractivity contribution in [2.45, 2.75) is 0 Å². The molecule has 3 nitrogen and oxygen atoms in total. The van der Waals surface area contributed by atoms with Gasteiger partial charge in [0, 0.05) is 16.7 Å². The van der Waals surface area contributed by atoms with Gasteiger partial charge in [-0.1, -0.05) is 194 Å². The second kappa shape index (κ2) is 13.8. The Hall–Kier alpha value is -7.01. The second-order valence-corrected chi connectivity index (χ2v) is 17.7. The third kappa shape index (κ3) is 5.63.